The number of ether oxygens (including phenoxy) is 1. The number of aliphatic imine (C=N–C) groups is 1. The number of halogens is 1. The van der Waals surface area contributed by atoms with Gasteiger partial charge >= 0.3 is 6.09 Å². The minimum atomic E-state index is -0.203. The Morgan fingerprint density at radius 2 is 2.11 bits per heavy atom. The molecule has 1 aromatic carbocycles. The number of likely N-dealkylation sites (tertiary alicyclic amines) is 1. The van der Waals surface area contributed by atoms with Gasteiger partial charge in [-0.2, -0.15) is 0 Å². The molecular formula is C22H25ClN2O2. The summed E-state index contributed by atoms with van der Waals surface area (Å²) in [6, 6.07) is 6.24. The maximum absolute atomic E-state index is 12.0. The van der Waals surface area contributed by atoms with Crippen molar-refractivity contribution in [1.29, 1.82) is 0 Å². The third kappa shape index (κ3) is 3.68. The molecule has 1 aliphatic carbocycles. The summed E-state index contributed by atoms with van der Waals surface area (Å²) in [5, 5.41) is 0.789. The molecule has 0 radical (unpaired) electrons. The van der Waals surface area contributed by atoms with Crippen molar-refractivity contribution in [3.05, 3.63) is 52.1 Å². The van der Waals surface area contributed by atoms with E-state index in [0.717, 1.165) is 37.3 Å². The first kappa shape index (κ1) is 18.3. The average Bonchev–Trinajstić information content (AvgIpc) is 2.85. The molecule has 2 heterocycles. The van der Waals surface area contributed by atoms with Crippen molar-refractivity contribution in [2.75, 3.05) is 26.2 Å². The van der Waals surface area contributed by atoms with Crippen molar-refractivity contribution in [3.8, 4) is 0 Å². The Labute approximate surface area is 165 Å². The standard InChI is InChI=1S/C22H25ClN2O2/c1-2-27-22(26)25-12-9-15(10-13-25)20-19-8-7-18(23)14-17(19)6-5-16-4-3-11-24-21(16)20/h3-4,7-8,14,16H,2,5-6,9-13H2,1H3. The van der Waals surface area contributed by atoms with E-state index in [1.54, 1.807) is 0 Å². The van der Waals surface area contributed by atoms with Crippen molar-refractivity contribution in [1.82, 2.24) is 4.90 Å². The summed E-state index contributed by atoms with van der Waals surface area (Å²) in [7, 11) is 0. The van der Waals surface area contributed by atoms with E-state index < -0.39 is 0 Å². The molecule has 0 saturated carbocycles. The van der Waals surface area contributed by atoms with Gasteiger partial charge in [-0.1, -0.05) is 35.4 Å². The number of hydrogen-bond acceptors (Lipinski definition) is 3. The Bertz CT molecular complexity index is 831. The highest BCUT2D eigenvalue weighted by molar-refractivity contribution is 6.31. The van der Waals surface area contributed by atoms with E-state index in [2.05, 4.69) is 24.3 Å². The van der Waals surface area contributed by atoms with Gasteiger partial charge in [0.25, 0.3) is 0 Å². The fourth-order valence-electron chi connectivity index (χ4n) is 4.34. The molecule has 1 fully saturated rings. The molecule has 1 unspecified atom stereocenters. The van der Waals surface area contributed by atoms with Crippen LogP contribution in [0.1, 0.15) is 37.3 Å². The summed E-state index contributed by atoms with van der Waals surface area (Å²) < 4.78 is 5.16. The lowest BCUT2D eigenvalue weighted by molar-refractivity contribution is 0.104. The molecule has 142 valence electrons. The molecule has 1 saturated heterocycles. The molecule has 3 aliphatic rings. The number of aryl methyl sites for hydroxylation is 1. The molecule has 0 bridgehead atoms. The van der Waals surface area contributed by atoms with Gasteiger partial charge < -0.3 is 9.64 Å². The lowest BCUT2D eigenvalue weighted by atomic mass is 9.85. The lowest BCUT2D eigenvalue weighted by Crippen LogP contribution is -2.37. The van der Waals surface area contributed by atoms with Crippen LogP contribution in [0.4, 0.5) is 4.79 Å². The second kappa shape index (κ2) is 7.89. The minimum Gasteiger partial charge on any atom is -0.450 e. The number of rotatable bonds is 1. The predicted molar refractivity (Wildman–Crippen MR) is 109 cm³/mol. The zero-order valence-electron chi connectivity index (χ0n) is 15.7. The van der Waals surface area contributed by atoms with Crippen LogP contribution in [-0.4, -0.2) is 42.9 Å². The van der Waals surface area contributed by atoms with Gasteiger partial charge in [0.2, 0.25) is 0 Å². The highest BCUT2D eigenvalue weighted by atomic mass is 35.5. The smallest absolute Gasteiger partial charge is 0.409 e. The first-order chi connectivity index (χ1) is 13.2. The van der Waals surface area contributed by atoms with Gasteiger partial charge in [0.1, 0.15) is 0 Å². The molecule has 5 heteroatoms. The molecule has 27 heavy (non-hydrogen) atoms. The fourth-order valence-corrected chi connectivity index (χ4v) is 4.53. The van der Waals surface area contributed by atoms with Crippen LogP contribution in [0, 0.1) is 5.92 Å². The number of fused-ring (bicyclic) bond motifs is 2. The van der Waals surface area contributed by atoms with Crippen LogP contribution in [-0.2, 0) is 11.2 Å². The highest BCUT2D eigenvalue weighted by Crippen LogP contribution is 2.38. The van der Waals surface area contributed by atoms with Crippen molar-refractivity contribution in [2.24, 2.45) is 10.9 Å². The number of carbonyl (C=O) groups excluding carboxylic acids is 1. The first-order valence-corrected chi connectivity index (χ1v) is 10.2. The van der Waals surface area contributed by atoms with Gasteiger partial charge in [0.05, 0.1) is 13.2 Å². The first-order valence-electron chi connectivity index (χ1n) is 9.81. The molecule has 4 rings (SSSR count). The van der Waals surface area contributed by atoms with Gasteiger partial charge in [-0.25, -0.2) is 4.79 Å². The van der Waals surface area contributed by atoms with Crippen LogP contribution in [0.5, 0.6) is 0 Å². The van der Waals surface area contributed by atoms with E-state index in [1.165, 1.54) is 28.0 Å². The van der Waals surface area contributed by atoms with Crippen LogP contribution >= 0.6 is 11.6 Å². The SMILES string of the molecule is CCOC(=O)N1CCC(=C2C3=NCC=CC3CCc3cc(Cl)ccc32)CC1. The number of allylic oxidation sites excluding steroid dienone is 2. The molecule has 1 amide bonds. The van der Waals surface area contributed by atoms with E-state index >= 15 is 0 Å². The largest absolute Gasteiger partial charge is 0.450 e. The summed E-state index contributed by atoms with van der Waals surface area (Å²) in [6.07, 6.45) is 8.08. The molecule has 4 nitrogen and oxygen atoms in total. The van der Waals surface area contributed by atoms with Gasteiger partial charge in [-0.05, 0) is 55.9 Å². The number of piperidine rings is 1. The summed E-state index contributed by atoms with van der Waals surface area (Å²) in [6.45, 7) is 4.42. The molecule has 1 aromatic rings. The van der Waals surface area contributed by atoms with Crippen LogP contribution in [0.3, 0.4) is 0 Å². The summed E-state index contributed by atoms with van der Waals surface area (Å²) in [4.78, 5) is 18.8. The van der Waals surface area contributed by atoms with Crippen LogP contribution in [0.15, 0.2) is 40.9 Å². The van der Waals surface area contributed by atoms with E-state index in [0.29, 0.717) is 25.6 Å². The molecule has 2 aliphatic heterocycles. The predicted octanol–water partition coefficient (Wildman–Crippen LogP) is 4.92. The Kier molecular flexibility index (Phi) is 5.35. The minimum absolute atomic E-state index is 0.203. The van der Waals surface area contributed by atoms with Crippen LogP contribution in [0.25, 0.3) is 5.57 Å². The van der Waals surface area contributed by atoms with Crippen molar-refractivity contribution >= 4 is 29.0 Å². The van der Waals surface area contributed by atoms with E-state index in [4.69, 9.17) is 21.3 Å². The Morgan fingerprint density at radius 1 is 1.30 bits per heavy atom. The summed E-state index contributed by atoms with van der Waals surface area (Å²) in [5.74, 6) is 0.371. The van der Waals surface area contributed by atoms with E-state index in [9.17, 15) is 4.79 Å². The second-order valence-electron chi connectivity index (χ2n) is 7.27. The summed E-state index contributed by atoms with van der Waals surface area (Å²) in [5.41, 5.74) is 6.51. The molecule has 1 atom stereocenters. The van der Waals surface area contributed by atoms with Crippen LogP contribution < -0.4 is 0 Å². The zero-order chi connectivity index (χ0) is 18.8. The topological polar surface area (TPSA) is 41.9 Å². The van der Waals surface area contributed by atoms with Crippen LogP contribution in [0.2, 0.25) is 5.02 Å². The summed E-state index contributed by atoms with van der Waals surface area (Å²) >= 11 is 6.28. The second-order valence-corrected chi connectivity index (χ2v) is 7.70. The van der Waals surface area contributed by atoms with E-state index in [1.807, 2.05) is 17.9 Å². The molecule has 0 aromatic heterocycles. The van der Waals surface area contributed by atoms with Crippen molar-refractivity contribution in [3.63, 3.8) is 0 Å². The van der Waals surface area contributed by atoms with Gasteiger partial charge in [-0.3, -0.25) is 4.99 Å². The quantitative estimate of drug-likeness (QED) is 0.645. The van der Waals surface area contributed by atoms with Crippen molar-refractivity contribution in [2.45, 2.75) is 32.6 Å². The number of carbonyl (C=O) groups is 1. The number of dihydropyridines is 1. The zero-order valence-corrected chi connectivity index (χ0v) is 16.5. The molecular weight excluding hydrogens is 360 g/mol. The lowest BCUT2D eigenvalue weighted by Gasteiger charge is -2.30. The number of benzene rings is 1. The number of nitrogens with zero attached hydrogens (tertiary/aromatic N) is 2. The average molecular weight is 385 g/mol. The third-order valence-corrected chi connectivity index (χ3v) is 5.89. The Balaban J connectivity index is 1.71. The molecule has 0 spiro atoms. The van der Waals surface area contributed by atoms with Gasteiger partial charge in [-0.15, -0.1) is 0 Å². The Morgan fingerprint density at radius 3 is 2.89 bits per heavy atom. The maximum atomic E-state index is 12.0. The number of hydrogen-bond donors (Lipinski definition) is 0. The monoisotopic (exact) mass is 384 g/mol. The number of amides is 1. The van der Waals surface area contributed by atoms with Gasteiger partial charge in [0, 0.05) is 35.3 Å². The van der Waals surface area contributed by atoms with Gasteiger partial charge in [0.15, 0.2) is 0 Å². The maximum Gasteiger partial charge on any atom is 0.409 e. The normalized spacial score (nSPS) is 21.9. The van der Waals surface area contributed by atoms with Crippen molar-refractivity contribution < 1.29 is 9.53 Å². The highest BCUT2D eigenvalue weighted by Gasteiger charge is 2.30. The fraction of sp³-hybridized carbons (Fsp3) is 0.455. The Hall–Kier alpha value is -2.07. The molecule has 0 N–H and O–H groups in total. The third-order valence-electron chi connectivity index (χ3n) is 5.65. The van der Waals surface area contributed by atoms with E-state index in [-0.39, 0.29) is 6.09 Å².